The van der Waals surface area contributed by atoms with Crippen LogP contribution in [0.2, 0.25) is 0 Å². The summed E-state index contributed by atoms with van der Waals surface area (Å²) >= 11 is 3.56. The number of hydrogen-bond acceptors (Lipinski definition) is 3. The van der Waals surface area contributed by atoms with Crippen molar-refractivity contribution in [2.24, 2.45) is 5.10 Å². The molecule has 3 rings (SSSR count). The minimum absolute atomic E-state index is 0.128. The molecule has 162 valence electrons. The molecule has 0 saturated heterocycles. The maximum absolute atomic E-state index is 14.9. The van der Waals surface area contributed by atoms with Crippen molar-refractivity contribution in [1.82, 2.24) is 5.01 Å². The van der Waals surface area contributed by atoms with E-state index in [1.54, 1.807) is 17.3 Å². The lowest BCUT2D eigenvalue weighted by Crippen LogP contribution is -2.22. The van der Waals surface area contributed by atoms with Gasteiger partial charge in [-0.15, -0.1) is 0 Å². The Bertz CT molecular complexity index is 931. The van der Waals surface area contributed by atoms with Crippen molar-refractivity contribution in [2.45, 2.75) is 60.1 Å². The van der Waals surface area contributed by atoms with Gasteiger partial charge in [0, 0.05) is 22.2 Å². The lowest BCUT2D eigenvalue weighted by atomic mass is 9.84. The zero-order valence-corrected chi connectivity index (χ0v) is 20.4. The molecule has 0 bridgehead atoms. The summed E-state index contributed by atoms with van der Waals surface area (Å²) < 4.78 is 21.4. The first-order chi connectivity index (χ1) is 14.2. The predicted molar refractivity (Wildman–Crippen MR) is 128 cm³/mol. The molecule has 3 nitrogen and oxygen atoms in total. The molecule has 0 atom stereocenters. The van der Waals surface area contributed by atoms with Crippen molar-refractivity contribution in [2.75, 3.05) is 6.61 Å². The van der Waals surface area contributed by atoms with Crippen molar-refractivity contribution in [3.63, 3.8) is 0 Å². The first-order valence-electron chi connectivity index (χ1n) is 10.4. The molecule has 0 fully saturated rings. The standard InChI is InChI=1S/C23H26BrFN2O.C2H6/c1-6-28-14-18-9-16(7-8-20(18)24)13-27-15(2)22-17(12-26-27)10-19(11-21(22)25)23(3,4)5;1-2/h7-12H,2,6,13-14H2,1,3-5H3;1-2H3. The Labute approximate surface area is 188 Å². The van der Waals surface area contributed by atoms with Crippen LogP contribution in [-0.4, -0.2) is 17.8 Å². The summed E-state index contributed by atoms with van der Waals surface area (Å²) in [5, 5.41) is 6.27. The van der Waals surface area contributed by atoms with E-state index in [2.05, 4.69) is 54.4 Å². The number of hydrazone groups is 1. The van der Waals surface area contributed by atoms with Crippen LogP contribution in [0.1, 0.15) is 69.4 Å². The molecule has 0 aromatic heterocycles. The van der Waals surface area contributed by atoms with Crippen LogP contribution in [0.3, 0.4) is 0 Å². The van der Waals surface area contributed by atoms with Gasteiger partial charge in [-0.25, -0.2) is 4.39 Å². The van der Waals surface area contributed by atoms with Gasteiger partial charge in [-0.3, -0.25) is 5.01 Å². The number of hydrogen-bond donors (Lipinski definition) is 0. The Hall–Kier alpha value is -1.98. The molecule has 0 unspecified atom stereocenters. The van der Waals surface area contributed by atoms with E-state index in [-0.39, 0.29) is 11.2 Å². The molecule has 0 N–H and O–H groups in total. The van der Waals surface area contributed by atoms with Gasteiger partial charge in [-0.2, -0.15) is 5.10 Å². The number of rotatable bonds is 5. The van der Waals surface area contributed by atoms with Gasteiger partial charge in [-0.05, 0) is 47.2 Å². The topological polar surface area (TPSA) is 24.8 Å². The molecule has 1 heterocycles. The van der Waals surface area contributed by atoms with Crippen LogP contribution in [0.4, 0.5) is 4.39 Å². The van der Waals surface area contributed by atoms with Gasteiger partial charge >= 0.3 is 0 Å². The second-order valence-corrected chi connectivity index (χ2v) is 8.84. The van der Waals surface area contributed by atoms with Crippen LogP contribution in [0.25, 0.3) is 5.70 Å². The average molecular weight is 475 g/mol. The first kappa shape index (κ1) is 24.3. The van der Waals surface area contributed by atoms with E-state index in [0.29, 0.717) is 31.0 Å². The van der Waals surface area contributed by atoms with Crippen molar-refractivity contribution >= 4 is 27.8 Å². The van der Waals surface area contributed by atoms with Crippen molar-refractivity contribution in [3.8, 4) is 0 Å². The number of halogens is 2. The minimum atomic E-state index is -0.253. The highest BCUT2D eigenvalue weighted by molar-refractivity contribution is 9.10. The summed E-state index contributed by atoms with van der Waals surface area (Å²) in [6, 6.07) is 9.73. The number of fused-ring (bicyclic) bond motifs is 1. The van der Waals surface area contributed by atoms with Crippen LogP contribution in [0.15, 0.2) is 46.5 Å². The van der Waals surface area contributed by atoms with Crippen molar-refractivity contribution in [3.05, 3.63) is 75.0 Å². The van der Waals surface area contributed by atoms with Gasteiger partial charge < -0.3 is 4.74 Å². The van der Waals surface area contributed by atoms with E-state index < -0.39 is 0 Å². The molecule has 0 saturated carbocycles. The Kier molecular flexibility index (Phi) is 8.39. The third-order valence-corrected chi connectivity index (χ3v) is 5.60. The fourth-order valence-electron chi connectivity index (χ4n) is 3.16. The zero-order valence-electron chi connectivity index (χ0n) is 18.9. The highest BCUT2D eigenvalue weighted by Crippen LogP contribution is 2.33. The quantitative estimate of drug-likeness (QED) is 0.454. The first-order valence-corrected chi connectivity index (χ1v) is 11.2. The Balaban J connectivity index is 0.00000155. The largest absolute Gasteiger partial charge is 0.377 e. The van der Waals surface area contributed by atoms with E-state index >= 15 is 0 Å². The second-order valence-electron chi connectivity index (χ2n) is 7.98. The van der Waals surface area contributed by atoms with Gasteiger partial charge in [0.1, 0.15) is 5.82 Å². The lowest BCUT2D eigenvalue weighted by molar-refractivity contribution is 0.133. The highest BCUT2D eigenvalue weighted by Gasteiger charge is 2.24. The van der Waals surface area contributed by atoms with Crippen LogP contribution < -0.4 is 0 Å². The van der Waals surface area contributed by atoms with Gasteiger partial charge in [0.2, 0.25) is 0 Å². The summed E-state index contributed by atoms with van der Waals surface area (Å²) in [6.45, 7) is 18.0. The van der Waals surface area contributed by atoms with E-state index in [9.17, 15) is 4.39 Å². The van der Waals surface area contributed by atoms with Gasteiger partial charge in [0.05, 0.1) is 25.1 Å². The summed E-state index contributed by atoms with van der Waals surface area (Å²) in [5.74, 6) is -0.253. The lowest BCUT2D eigenvalue weighted by Gasteiger charge is -2.29. The van der Waals surface area contributed by atoms with Gasteiger partial charge in [-0.1, -0.05) is 69.3 Å². The number of ether oxygens (including phenoxy) is 1. The molecular weight excluding hydrogens is 443 g/mol. The molecule has 1 aliphatic rings. The monoisotopic (exact) mass is 474 g/mol. The molecule has 30 heavy (non-hydrogen) atoms. The molecule has 5 heteroatoms. The second kappa shape index (κ2) is 10.4. The smallest absolute Gasteiger partial charge is 0.133 e. The summed E-state index contributed by atoms with van der Waals surface area (Å²) in [6.07, 6.45) is 1.72. The molecule has 0 amide bonds. The highest BCUT2D eigenvalue weighted by atomic mass is 79.9. The minimum Gasteiger partial charge on any atom is -0.377 e. The predicted octanol–water partition coefficient (Wildman–Crippen LogP) is 7.27. The van der Waals surface area contributed by atoms with Gasteiger partial charge in [0.25, 0.3) is 0 Å². The molecule has 2 aromatic carbocycles. The van der Waals surface area contributed by atoms with Crippen LogP contribution in [-0.2, 0) is 23.3 Å². The van der Waals surface area contributed by atoms with E-state index in [4.69, 9.17) is 4.74 Å². The maximum atomic E-state index is 14.9. The van der Waals surface area contributed by atoms with Crippen LogP contribution in [0.5, 0.6) is 0 Å². The molecule has 1 aliphatic heterocycles. The maximum Gasteiger partial charge on any atom is 0.133 e. The third kappa shape index (κ3) is 5.58. The number of benzene rings is 2. The van der Waals surface area contributed by atoms with E-state index in [0.717, 1.165) is 26.7 Å². The third-order valence-electron chi connectivity index (χ3n) is 4.83. The normalized spacial score (nSPS) is 13.1. The molecule has 0 radical (unpaired) electrons. The molecular formula is C25H32BrFN2O. The summed E-state index contributed by atoms with van der Waals surface area (Å²) in [4.78, 5) is 0. The van der Waals surface area contributed by atoms with E-state index in [1.165, 1.54) is 0 Å². The number of nitrogens with zero attached hydrogens (tertiary/aromatic N) is 2. The summed E-state index contributed by atoms with van der Waals surface area (Å²) in [7, 11) is 0. The van der Waals surface area contributed by atoms with Crippen molar-refractivity contribution in [1.29, 1.82) is 0 Å². The fraction of sp³-hybridized carbons (Fsp3) is 0.400. The van der Waals surface area contributed by atoms with Gasteiger partial charge in [0.15, 0.2) is 0 Å². The summed E-state index contributed by atoms with van der Waals surface area (Å²) in [5.41, 5.74) is 4.83. The Morgan fingerprint density at radius 3 is 2.50 bits per heavy atom. The van der Waals surface area contributed by atoms with Crippen LogP contribution >= 0.6 is 15.9 Å². The Morgan fingerprint density at radius 1 is 1.17 bits per heavy atom. The van der Waals surface area contributed by atoms with Crippen molar-refractivity contribution < 1.29 is 9.13 Å². The average Bonchev–Trinajstić information content (AvgIpc) is 2.71. The molecule has 0 spiro atoms. The Morgan fingerprint density at radius 2 is 1.87 bits per heavy atom. The molecule has 2 aromatic rings. The zero-order chi connectivity index (χ0) is 22.5. The molecule has 0 aliphatic carbocycles. The van der Waals surface area contributed by atoms with Crippen LogP contribution in [0, 0.1) is 5.82 Å². The fourth-order valence-corrected chi connectivity index (χ4v) is 3.52. The SMILES string of the molecule is C=C1c2c(F)cc(C(C)(C)C)cc2C=NN1Cc1ccc(Br)c(COCC)c1.CC. The van der Waals surface area contributed by atoms with E-state index in [1.807, 2.05) is 39.0 Å².